The number of fused-ring (bicyclic) bond motifs is 2. The van der Waals surface area contributed by atoms with Gasteiger partial charge in [0.2, 0.25) is 0 Å². The Labute approximate surface area is 134 Å². The van der Waals surface area contributed by atoms with Crippen LogP contribution in [0, 0.1) is 6.92 Å². The standard InChI is InChI=1S/C21H17NO/c1-15-8-2-3-9-16(15)14-22-19-12-6-4-10-17(19)21(23)18-11-5-7-13-20(18)22/h2-13H,14H2,1H3. The Morgan fingerprint density at radius 2 is 1.26 bits per heavy atom. The monoisotopic (exact) mass is 299 g/mol. The minimum Gasteiger partial charge on any atom is -0.336 e. The molecule has 0 aliphatic heterocycles. The van der Waals surface area contributed by atoms with Gasteiger partial charge in [0.1, 0.15) is 0 Å². The van der Waals surface area contributed by atoms with Crippen molar-refractivity contribution < 1.29 is 0 Å². The highest BCUT2D eigenvalue weighted by atomic mass is 16.1. The second-order valence-electron chi connectivity index (χ2n) is 5.88. The number of nitrogens with zero attached hydrogens (tertiary/aromatic N) is 1. The minimum atomic E-state index is 0.109. The van der Waals surface area contributed by atoms with Crippen molar-refractivity contribution >= 4 is 21.8 Å². The predicted octanol–water partition coefficient (Wildman–Crippen LogP) is 4.51. The summed E-state index contributed by atoms with van der Waals surface area (Å²) in [5, 5.41) is 1.56. The average Bonchev–Trinajstić information content (AvgIpc) is 2.60. The third-order valence-corrected chi connectivity index (χ3v) is 4.47. The molecule has 23 heavy (non-hydrogen) atoms. The van der Waals surface area contributed by atoms with E-state index in [2.05, 4.69) is 35.8 Å². The lowest BCUT2D eigenvalue weighted by Gasteiger charge is -2.16. The molecule has 112 valence electrons. The number of hydrogen-bond acceptors (Lipinski definition) is 1. The number of rotatable bonds is 2. The van der Waals surface area contributed by atoms with Crippen LogP contribution in [0.25, 0.3) is 21.8 Å². The lowest BCUT2D eigenvalue weighted by Crippen LogP contribution is -2.12. The van der Waals surface area contributed by atoms with E-state index in [0.717, 1.165) is 28.4 Å². The van der Waals surface area contributed by atoms with Crippen LogP contribution in [0.1, 0.15) is 11.1 Å². The molecule has 3 aromatic carbocycles. The summed E-state index contributed by atoms with van der Waals surface area (Å²) in [6.45, 7) is 2.89. The Bertz CT molecular complexity index is 1020. The summed E-state index contributed by atoms with van der Waals surface area (Å²) < 4.78 is 2.24. The van der Waals surface area contributed by atoms with E-state index in [0.29, 0.717) is 0 Å². The molecule has 0 amide bonds. The largest absolute Gasteiger partial charge is 0.336 e. The number of pyridine rings is 1. The van der Waals surface area contributed by atoms with Crippen LogP contribution in [0.5, 0.6) is 0 Å². The van der Waals surface area contributed by atoms with E-state index in [4.69, 9.17) is 0 Å². The molecule has 0 atom stereocenters. The summed E-state index contributed by atoms with van der Waals surface area (Å²) in [5.74, 6) is 0. The van der Waals surface area contributed by atoms with Crippen LogP contribution in [-0.4, -0.2) is 4.57 Å². The van der Waals surface area contributed by atoms with Crippen LogP contribution in [0.3, 0.4) is 0 Å². The van der Waals surface area contributed by atoms with Crippen molar-refractivity contribution in [2.45, 2.75) is 13.5 Å². The number of aryl methyl sites for hydroxylation is 1. The van der Waals surface area contributed by atoms with Crippen LogP contribution >= 0.6 is 0 Å². The van der Waals surface area contributed by atoms with Crippen LogP contribution in [0.15, 0.2) is 77.6 Å². The van der Waals surface area contributed by atoms with E-state index in [9.17, 15) is 4.79 Å². The van der Waals surface area contributed by atoms with Gasteiger partial charge in [-0.05, 0) is 42.3 Å². The van der Waals surface area contributed by atoms with Crippen molar-refractivity contribution in [3.05, 3.63) is 94.1 Å². The zero-order chi connectivity index (χ0) is 15.8. The fourth-order valence-electron chi connectivity index (χ4n) is 3.21. The zero-order valence-electron chi connectivity index (χ0n) is 13.0. The summed E-state index contributed by atoms with van der Waals surface area (Å²) >= 11 is 0. The van der Waals surface area contributed by atoms with Gasteiger partial charge < -0.3 is 4.57 Å². The van der Waals surface area contributed by atoms with Gasteiger partial charge in [-0.25, -0.2) is 0 Å². The Morgan fingerprint density at radius 3 is 1.87 bits per heavy atom. The molecule has 4 aromatic rings. The molecular formula is C21H17NO. The van der Waals surface area contributed by atoms with Crippen molar-refractivity contribution in [3.63, 3.8) is 0 Å². The third-order valence-electron chi connectivity index (χ3n) is 4.47. The van der Waals surface area contributed by atoms with Gasteiger partial charge in [0, 0.05) is 17.3 Å². The Hall–Kier alpha value is -2.87. The van der Waals surface area contributed by atoms with Crippen LogP contribution in [0.2, 0.25) is 0 Å². The SMILES string of the molecule is Cc1ccccc1Cn1c2ccccc2c(=O)c2ccccc21. The van der Waals surface area contributed by atoms with Gasteiger partial charge in [-0.2, -0.15) is 0 Å². The van der Waals surface area contributed by atoms with Gasteiger partial charge in [-0.3, -0.25) is 4.79 Å². The molecule has 0 unspecified atom stereocenters. The number of para-hydroxylation sites is 2. The first-order chi connectivity index (χ1) is 11.3. The van der Waals surface area contributed by atoms with Crippen molar-refractivity contribution in [1.29, 1.82) is 0 Å². The molecule has 0 saturated carbocycles. The van der Waals surface area contributed by atoms with Gasteiger partial charge in [0.15, 0.2) is 5.43 Å². The molecule has 0 bridgehead atoms. The number of benzene rings is 3. The van der Waals surface area contributed by atoms with E-state index in [1.54, 1.807) is 0 Å². The highest BCUT2D eigenvalue weighted by Crippen LogP contribution is 2.21. The minimum absolute atomic E-state index is 0.109. The first kappa shape index (κ1) is 13.8. The molecule has 0 saturated heterocycles. The van der Waals surface area contributed by atoms with Crippen LogP contribution < -0.4 is 5.43 Å². The summed E-state index contributed by atoms with van der Waals surface area (Å²) in [4.78, 5) is 12.7. The van der Waals surface area contributed by atoms with Crippen molar-refractivity contribution in [2.24, 2.45) is 0 Å². The Balaban J connectivity index is 2.09. The van der Waals surface area contributed by atoms with Crippen LogP contribution in [0.4, 0.5) is 0 Å². The molecule has 0 aliphatic rings. The molecule has 1 aromatic heterocycles. The molecule has 0 radical (unpaired) electrons. The zero-order valence-corrected chi connectivity index (χ0v) is 13.0. The summed E-state index contributed by atoms with van der Waals surface area (Å²) in [5.41, 5.74) is 4.61. The first-order valence-electron chi connectivity index (χ1n) is 7.80. The fraction of sp³-hybridized carbons (Fsp3) is 0.0952. The summed E-state index contributed by atoms with van der Waals surface area (Å²) in [6.07, 6.45) is 0. The van der Waals surface area contributed by atoms with Gasteiger partial charge in [-0.1, -0.05) is 48.5 Å². The smallest absolute Gasteiger partial charge is 0.197 e. The third kappa shape index (κ3) is 2.23. The van der Waals surface area contributed by atoms with E-state index in [-0.39, 0.29) is 5.43 Å². The maximum absolute atomic E-state index is 12.7. The fourth-order valence-corrected chi connectivity index (χ4v) is 3.21. The Kier molecular flexibility index (Phi) is 3.23. The molecule has 4 rings (SSSR count). The lowest BCUT2D eigenvalue weighted by molar-refractivity contribution is 0.855. The lowest BCUT2D eigenvalue weighted by atomic mass is 10.1. The van der Waals surface area contributed by atoms with Crippen molar-refractivity contribution in [1.82, 2.24) is 4.57 Å². The maximum atomic E-state index is 12.7. The highest BCUT2D eigenvalue weighted by Gasteiger charge is 2.10. The van der Waals surface area contributed by atoms with E-state index < -0.39 is 0 Å². The van der Waals surface area contributed by atoms with E-state index in [1.807, 2.05) is 48.5 Å². The maximum Gasteiger partial charge on any atom is 0.197 e. The quantitative estimate of drug-likeness (QED) is 0.499. The predicted molar refractivity (Wildman–Crippen MR) is 96.0 cm³/mol. The normalized spacial score (nSPS) is 11.2. The number of aromatic nitrogens is 1. The molecule has 2 heteroatoms. The first-order valence-corrected chi connectivity index (χ1v) is 7.80. The Morgan fingerprint density at radius 1 is 0.739 bits per heavy atom. The van der Waals surface area contributed by atoms with Crippen molar-refractivity contribution in [3.8, 4) is 0 Å². The van der Waals surface area contributed by atoms with E-state index in [1.165, 1.54) is 11.1 Å². The second-order valence-corrected chi connectivity index (χ2v) is 5.88. The molecule has 2 nitrogen and oxygen atoms in total. The summed E-state index contributed by atoms with van der Waals surface area (Å²) in [7, 11) is 0. The molecule has 0 aliphatic carbocycles. The van der Waals surface area contributed by atoms with Gasteiger partial charge in [0.25, 0.3) is 0 Å². The van der Waals surface area contributed by atoms with Gasteiger partial charge in [0.05, 0.1) is 11.0 Å². The molecule has 0 fully saturated rings. The van der Waals surface area contributed by atoms with Crippen molar-refractivity contribution in [2.75, 3.05) is 0 Å². The molecule has 1 heterocycles. The van der Waals surface area contributed by atoms with Gasteiger partial charge >= 0.3 is 0 Å². The summed E-state index contributed by atoms with van der Waals surface area (Å²) in [6, 6.07) is 24.1. The molecule has 0 spiro atoms. The average molecular weight is 299 g/mol. The topological polar surface area (TPSA) is 22.0 Å². The molecular weight excluding hydrogens is 282 g/mol. The highest BCUT2D eigenvalue weighted by molar-refractivity contribution is 5.93. The van der Waals surface area contributed by atoms with Gasteiger partial charge in [-0.15, -0.1) is 0 Å². The van der Waals surface area contributed by atoms with E-state index >= 15 is 0 Å². The molecule has 0 N–H and O–H groups in total. The number of hydrogen-bond donors (Lipinski definition) is 0. The van der Waals surface area contributed by atoms with Crippen LogP contribution in [-0.2, 0) is 6.54 Å². The second kappa shape index (κ2) is 5.40.